The summed E-state index contributed by atoms with van der Waals surface area (Å²) in [5.41, 5.74) is 8.33. The maximum atomic E-state index is 13.2. The first-order valence-corrected chi connectivity index (χ1v) is 14.9. The van der Waals surface area contributed by atoms with Crippen LogP contribution in [0.2, 0.25) is 0 Å². The van der Waals surface area contributed by atoms with Crippen molar-refractivity contribution < 1.29 is 13.9 Å². The Morgan fingerprint density at radius 1 is 1.14 bits per heavy atom. The van der Waals surface area contributed by atoms with Crippen molar-refractivity contribution in [1.29, 1.82) is 0 Å². The summed E-state index contributed by atoms with van der Waals surface area (Å²) in [7, 11) is 0. The van der Waals surface area contributed by atoms with Gasteiger partial charge in [-0.3, -0.25) is 0 Å². The number of amides is 1. The molecule has 0 aliphatic carbocycles. The summed E-state index contributed by atoms with van der Waals surface area (Å²) in [5, 5.41) is 6.61. The van der Waals surface area contributed by atoms with Gasteiger partial charge in [-0.25, -0.2) is 24.2 Å². The molecule has 11 heteroatoms. The van der Waals surface area contributed by atoms with Crippen LogP contribution in [0.4, 0.5) is 10.6 Å². The number of halogens is 1. The SMILES string of the molecule is CC(c1oc(=O)c2ccccc2c1-c1cccc([C@H]2CCCN2C(=O)OC(C)(C)C)c1)n1nc(I)c2c(N)ncnc21. The number of hydrogen-bond acceptors (Lipinski definition) is 8. The molecule has 1 unspecified atom stereocenters. The zero-order valence-electron chi connectivity index (χ0n) is 23.8. The zero-order chi connectivity index (χ0) is 29.8. The Kier molecular flexibility index (Phi) is 7.16. The fourth-order valence-electron chi connectivity index (χ4n) is 5.70. The van der Waals surface area contributed by atoms with Gasteiger partial charge in [0.25, 0.3) is 0 Å². The molecule has 1 saturated heterocycles. The molecule has 6 rings (SSSR count). The van der Waals surface area contributed by atoms with Crippen LogP contribution in [0, 0.1) is 3.70 Å². The number of nitrogens with two attached hydrogens (primary N) is 1. The summed E-state index contributed by atoms with van der Waals surface area (Å²) in [5.74, 6) is 0.783. The van der Waals surface area contributed by atoms with Crippen molar-refractivity contribution in [3.05, 3.63) is 80.3 Å². The second kappa shape index (κ2) is 10.7. The fraction of sp³-hybridized carbons (Fsp3) is 0.323. The minimum Gasteiger partial charge on any atom is -0.444 e. The van der Waals surface area contributed by atoms with Crippen LogP contribution in [0.3, 0.4) is 0 Å². The highest BCUT2D eigenvalue weighted by Crippen LogP contribution is 2.40. The first-order chi connectivity index (χ1) is 20.0. The maximum absolute atomic E-state index is 13.2. The third kappa shape index (κ3) is 4.99. The lowest BCUT2D eigenvalue weighted by atomic mass is 9.93. The normalized spacial score (nSPS) is 16.3. The first kappa shape index (κ1) is 28.1. The Balaban J connectivity index is 1.51. The Morgan fingerprint density at radius 2 is 1.90 bits per heavy atom. The average molecular weight is 679 g/mol. The monoisotopic (exact) mass is 678 g/mol. The van der Waals surface area contributed by atoms with E-state index in [2.05, 4.69) is 38.6 Å². The van der Waals surface area contributed by atoms with Gasteiger partial charge in [-0.2, -0.15) is 5.10 Å². The summed E-state index contributed by atoms with van der Waals surface area (Å²) < 4.78 is 14.2. The van der Waals surface area contributed by atoms with Gasteiger partial charge >= 0.3 is 11.7 Å². The number of rotatable bonds is 4. The Morgan fingerprint density at radius 3 is 2.67 bits per heavy atom. The summed E-state index contributed by atoms with van der Waals surface area (Å²) >= 11 is 2.11. The van der Waals surface area contributed by atoms with Gasteiger partial charge in [0, 0.05) is 17.5 Å². The molecule has 3 aromatic heterocycles. The van der Waals surface area contributed by atoms with Crippen molar-refractivity contribution in [2.45, 2.75) is 58.2 Å². The molecule has 2 N–H and O–H groups in total. The largest absolute Gasteiger partial charge is 0.444 e. The van der Waals surface area contributed by atoms with Crippen molar-refractivity contribution >= 4 is 56.3 Å². The predicted octanol–water partition coefficient (Wildman–Crippen LogP) is 6.47. The first-order valence-electron chi connectivity index (χ1n) is 13.8. The van der Waals surface area contributed by atoms with E-state index >= 15 is 0 Å². The Bertz CT molecular complexity index is 1890. The fourth-order valence-corrected chi connectivity index (χ4v) is 6.45. The molecule has 0 bridgehead atoms. The molecule has 5 aromatic rings. The van der Waals surface area contributed by atoms with Crippen molar-refractivity contribution in [2.75, 3.05) is 12.3 Å². The second-order valence-corrected chi connectivity index (χ2v) is 12.5. The van der Waals surface area contributed by atoms with E-state index < -0.39 is 17.3 Å². The van der Waals surface area contributed by atoms with Crippen molar-refractivity contribution in [1.82, 2.24) is 24.6 Å². The van der Waals surface area contributed by atoms with E-state index in [9.17, 15) is 9.59 Å². The highest BCUT2D eigenvalue weighted by atomic mass is 127. The van der Waals surface area contributed by atoms with Crippen LogP contribution in [0.15, 0.2) is 64.1 Å². The maximum Gasteiger partial charge on any atom is 0.410 e. The van der Waals surface area contributed by atoms with E-state index in [4.69, 9.17) is 20.0 Å². The number of hydrogen-bond donors (Lipinski definition) is 1. The standard InChI is InChI=1S/C31H31IN6O4/c1-17(38-28-24(26(32)36-38)27(33)34-16-35-28)25-23(20-11-5-6-12-21(20)29(39)41-25)19-10-7-9-18(15-19)22-13-8-14-37(22)30(40)42-31(2,3)4/h5-7,9-12,15-17,22H,8,13-14H2,1-4H3,(H2,33,34,35)/t17?,22-/m1/s1. The van der Waals surface area contributed by atoms with Gasteiger partial charge in [-0.1, -0.05) is 36.4 Å². The van der Waals surface area contributed by atoms with Crippen LogP contribution in [0.25, 0.3) is 32.9 Å². The molecule has 1 aliphatic heterocycles. The summed E-state index contributed by atoms with van der Waals surface area (Å²) in [4.78, 5) is 36.7. The lowest BCUT2D eigenvalue weighted by Gasteiger charge is -2.29. The van der Waals surface area contributed by atoms with Crippen molar-refractivity contribution in [3.8, 4) is 11.1 Å². The van der Waals surface area contributed by atoms with Gasteiger partial charge in [-0.05, 0) is 86.4 Å². The van der Waals surface area contributed by atoms with Crippen LogP contribution >= 0.6 is 22.6 Å². The molecule has 10 nitrogen and oxygen atoms in total. The van der Waals surface area contributed by atoms with E-state index in [1.165, 1.54) is 6.33 Å². The Hall–Kier alpha value is -4.00. The molecule has 2 aromatic carbocycles. The molecule has 1 aliphatic rings. The lowest BCUT2D eigenvalue weighted by molar-refractivity contribution is 0.0224. The third-order valence-corrected chi connectivity index (χ3v) is 8.28. The number of benzene rings is 2. The molecule has 0 spiro atoms. The molecule has 4 heterocycles. The number of nitrogen functional groups attached to an aromatic ring is 1. The number of fused-ring (bicyclic) bond motifs is 2. The third-order valence-electron chi connectivity index (χ3n) is 7.53. The quantitative estimate of drug-likeness (QED) is 0.214. The number of carbonyl (C=O) groups is 1. The van der Waals surface area contributed by atoms with E-state index in [1.807, 2.05) is 64.1 Å². The zero-order valence-corrected chi connectivity index (χ0v) is 26.0. The lowest BCUT2D eigenvalue weighted by Crippen LogP contribution is -2.36. The number of aromatic nitrogens is 4. The van der Waals surface area contributed by atoms with Crippen LogP contribution in [-0.4, -0.2) is 42.9 Å². The second-order valence-electron chi connectivity index (χ2n) is 11.5. The average Bonchev–Trinajstić information content (AvgIpc) is 3.58. The molecule has 2 atom stereocenters. The van der Waals surface area contributed by atoms with Crippen LogP contribution < -0.4 is 11.4 Å². The summed E-state index contributed by atoms with van der Waals surface area (Å²) in [6.07, 6.45) is 2.80. The highest BCUT2D eigenvalue weighted by Gasteiger charge is 2.34. The smallest absolute Gasteiger partial charge is 0.410 e. The van der Waals surface area contributed by atoms with Gasteiger partial charge in [0.2, 0.25) is 0 Å². The predicted molar refractivity (Wildman–Crippen MR) is 169 cm³/mol. The summed E-state index contributed by atoms with van der Waals surface area (Å²) in [6.45, 7) is 8.17. The van der Waals surface area contributed by atoms with Crippen LogP contribution in [0.1, 0.15) is 63.9 Å². The molecule has 0 radical (unpaired) electrons. The van der Waals surface area contributed by atoms with E-state index in [0.29, 0.717) is 38.2 Å². The molecule has 0 saturated carbocycles. The molecule has 42 heavy (non-hydrogen) atoms. The topological polar surface area (TPSA) is 129 Å². The number of likely N-dealkylation sites (tertiary alicyclic amines) is 1. The highest BCUT2D eigenvalue weighted by molar-refractivity contribution is 14.1. The van der Waals surface area contributed by atoms with Crippen LogP contribution in [0.5, 0.6) is 0 Å². The van der Waals surface area contributed by atoms with Gasteiger partial charge in [-0.15, -0.1) is 0 Å². The minimum atomic E-state index is -0.582. The molecule has 1 fully saturated rings. The Labute approximate surface area is 256 Å². The number of anilines is 1. The molecular weight excluding hydrogens is 647 g/mol. The van der Waals surface area contributed by atoms with Gasteiger partial charge in [0.15, 0.2) is 5.65 Å². The van der Waals surface area contributed by atoms with Crippen LogP contribution in [-0.2, 0) is 4.74 Å². The van der Waals surface area contributed by atoms with Crippen molar-refractivity contribution in [3.63, 3.8) is 0 Å². The molecule has 1 amide bonds. The van der Waals surface area contributed by atoms with E-state index in [-0.39, 0.29) is 12.1 Å². The van der Waals surface area contributed by atoms with Gasteiger partial charge in [0.1, 0.15) is 33.2 Å². The van der Waals surface area contributed by atoms with Gasteiger partial charge in [0.05, 0.1) is 16.8 Å². The van der Waals surface area contributed by atoms with E-state index in [1.54, 1.807) is 15.6 Å². The van der Waals surface area contributed by atoms with Crippen molar-refractivity contribution in [2.24, 2.45) is 0 Å². The number of ether oxygens (including phenoxy) is 1. The van der Waals surface area contributed by atoms with Gasteiger partial charge < -0.3 is 19.8 Å². The number of carbonyl (C=O) groups excluding carboxylic acids is 1. The molecular formula is C31H31IN6O4. The molecule has 216 valence electrons. The van der Waals surface area contributed by atoms with E-state index in [0.717, 1.165) is 34.9 Å². The number of nitrogens with zero attached hydrogens (tertiary/aromatic N) is 5. The minimum absolute atomic E-state index is 0.126. The summed E-state index contributed by atoms with van der Waals surface area (Å²) in [6, 6.07) is 14.9.